The average Bonchev–Trinajstić information content (AvgIpc) is 3.36. The lowest BCUT2D eigenvalue weighted by molar-refractivity contribution is -0.139. The number of Topliss-reactive ketones (excluding diaryl/α,β-unsaturated/α-hetero) is 1. The van der Waals surface area contributed by atoms with Gasteiger partial charge >= 0.3 is 0 Å². The Morgan fingerprint density at radius 2 is 1.84 bits per heavy atom. The summed E-state index contributed by atoms with van der Waals surface area (Å²) in [5.41, 5.74) is 0.959. The lowest BCUT2D eigenvalue weighted by atomic mass is 9.95. The first-order valence-electron chi connectivity index (χ1n) is 9.82. The van der Waals surface area contributed by atoms with Crippen LogP contribution in [0.4, 0.5) is 0 Å². The van der Waals surface area contributed by atoms with E-state index in [4.69, 9.17) is 23.2 Å². The molecule has 0 aliphatic carbocycles. The molecule has 1 amide bonds. The highest BCUT2D eigenvalue weighted by Crippen LogP contribution is 2.42. The maximum atomic E-state index is 13.0. The number of aliphatic hydroxyl groups excluding tert-OH is 1. The number of amides is 1. The summed E-state index contributed by atoms with van der Waals surface area (Å²) in [4.78, 5) is 31.5. The molecule has 1 aliphatic rings. The zero-order valence-electron chi connectivity index (χ0n) is 16.7. The molecule has 32 heavy (non-hydrogen) atoms. The molecule has 0 saturated carbocycles. The van der Waals surface area contributed by atoms with Gasteiger partial charge in [0.1, 0.15) is 5.76 Å². The Balaban J connectivity index is 1.76. The molecule has 1 aliphatic heterocycles. The van der Waals surface area contributed by atoms with Crippen molar-refractivity contribution in [2.45, 2.75) is 19.0 Å². The Kier molecular flexibility index (Phi) is 6.69. The third-order valence-electron chi connectivity index (χ3n) is 5.29. The van der Waals surface area contributed by atoms with Gasteiger partial charge < -0.3 is 14.6 Å². The van der Waals surface area contributed by atoms with Crippen molar-refractivity contribution < 1.29 is 14.7 Å². The van der Waals surface area contributed by atoms with Gasteiger partial charge in [0.15, 0.2) is 0 Å². The summed E-state index contributed by atoms with van der Waals surface area (Å²) in [6, 6.07) is 10.9. The molecule has 1 atom stereocenters. The van der Waals surface area contributed by atoms with E-state index >= 15 is 0 Å². The second-order valence-corrected chi connectivity index (χ2v) is 9.08. The fraction of sp³-hybridized carbons (Fsp3) is 0.174. The number of benzene rings is 2. The molecule has 2 heterocycles. The molecular weight excluding hydrogens is 517 g/mol. The molecule has 1 N–H and O–H groups in total. The van der Waals surface area contributed by atoms with Crippen LogP contribution in [0.15, 0.2) is 71.2 Å². The van der Waals surface area contributed by atoms with Crippen LogP contribution in [0.5, 0.6) is 0 Å². The van der Waals surface area contributed by atoms with Crippen LogP contribution in [-0.4, -0.2) is 37.8 Å². The number of carbonyl (C=O) groups excluding carboxylic acids is 2. The van der Waals surface area contributed by atoms with Crippen LogP contribution in [-0.2, 0) is 16.1 Å². The molecule has 3 aromatic rings. The molecule has 1 unspecified atom stereocenters. The van der Waals surface area contributed by atoms with Gasteiger partial charge in [0.05, 0.1) is 17.9 Å². The van der Waals surface area contributed by atoms with Gasteiger partial charge in [-0.2, -0.15) is 0 Å². The smallest absolute Gasteiger partial charge is 0.295 e. The number of aliphatic hydroxyl groups is 1. The van der Waals surface area contributed by atoms with E-state index in [-0.39, 0.29) is 11.3 Å². The first-order valence-corrected chi connectivity index (χ1v) is 11.4. The fourth-order valence-electron chi connectivity index (χ4n) is 3.76. The van der Waals surface area contributed by atoms with Crippen molar-refractivity contribution in [3.63, 3.8) is 0 Å². The van der Waals surface area contributed by atoms with Crippen LogP contribution in [0.2, 0.25) is 10.0 Å². The van der Waals surface area contributed by atoms with Gasteiger partial charge in [-0.3, -0.25) is 9.59 Å². The lowest BCUT2D eigenvalue weighted by Crippen LogP contribution is -2.31. The second-order valence-electron chi connectivity index (χ2n) is 7.32. The predicted molar refractivity (Wildman–Crippen MR) is 126 cm³/mol. The van der Waals surface area contributed by atoms with E-state index in [1.807, 2.05) is 10.8 Å². The van der Waals surface area contributed by atoms with Crippen molar-refractivity contribution in [2.24, 2.45) is 0 Å². The van der Waals surface area contributed by atoms with Crippen molar-refractivity contribution in [1.29, 1.82) is 0 Å². The predicted octanol–water partition coefficient (Wildman–Crippen LogP) is 5.46. The zero-order valence-corrected chi connectivity index (χ0v) is 19.8. The number of aromatic nitrogens is 2. The van der Waals surface area contributed by atoms with Crippen LogP contribution < -0.4 is 0 Å². The van der Waals surface area contributed by atoms with Crippen LogP contribution in [0, 0.1) is 0 Å². The monoisotopic (exact) mass is 533 g/mol. The van der Waals surface area contributed by atoms with E-state index in [0.717, 1.165) is 4.47 Å². The van der Waals surface area contributed by atoms with Crippen LogP contribution in [0.1, 0.15) is 23.6 Å². The third kappa shape index (κ3) is 4.46. The lowest BCUT2D eigenvalue weighted by Gasteiger charge is -2.26. The average molecular weight is 535 g/mol. The number of halogens is 3. The van der Waals surface area contributed by atoms with Gasteiger partial charge in [0, 0.05) is 45.6 Å². The van der Waals surface area contributed by atoms with Crippen molar-refractivity contribution in [2.75, 3.05) is 6.54 Å². The summed E-state index contributed by atoms with van der Waals surface area (Å²) in [5, 5.41) is 11.8. The number of aryl methyl sites for hydroxylation is 1. The van der Waals surface area contributed by atoms with Gasteiger partial charge in [-0.05, 0) is 36.2 Å². The number of hydrogen-bond donors (Lipinski definition) is 1. The van der Waals surface area contributed by atoms with Crippen molar-refractivity contribution in [1.82, 2.24) is 14.5 Å². The molecule has 4 rings (SSSR count). The summed E-state index contributed by atoms with van der Waals surface area (Å²) < 4.78 is 2.72. The molecule has 164 valence electrons. The fourth-order valence-corrected chi connectivity index (χ4v) is 4.54. The number of hydrogen-bond acceptors (Lipinski definition) is 4. The number of ketones is 1. The molecule has 9 heteroatoms. The summed E-state index contributed by atoms with van der Waals surface area (Å²) in [5.74, 6) is -1.67. The molecule has 1 saturated heterocycles. The number of likely N-dealkylation sites (tertiary alicyclic amines) is 1. The Labute approximate surface area is 203 Å². The van der Waals surface area contributed by atoms with Crippen LogP contribution in [0.25, 0.3) is 5.76 Å². The standard InChI is InChI=1S/C23H18BrCl2N3O3/c24-15-4-2-14(3-5-15)21(30)19-20(17-7-6-16(25)12-18(17)26)29(23(32)22(19)31)10-1-9-28-11-8-27-13-28/h2-8,11-13,20,30H,1,9-10H2/b21-19+. The van der Waals surface area contributed by atoms with Gasteiger partial charge in [0.25, 0.3) is 11.7 Å². The van der Waals surface area contributed by atoms with E-state index in [2.05, 4.69) is 20.9 Å². The minimum absolute atomic E-state index is 0.00387. The number of imidazole rings is 1. The van der Waals surface area contributed by atoms with Crippen molar-refractivity contribution in [3.8, 4) is 0 Å². The molecule has 6 nitrogen and oxygen atoms in total. The van der Waals surface area contributed by atoms with E-state index in [1.54, 1.807) is 55.0 Å². The van der Waals surface area contributed by atoms with E-state index in [9.17, 15) is 14.7 Å². The Hall–Kier alpha value is -2.61. The first kappa shape index (κ1) is 22.6. The quantitative estimate of drug-likeness (QED) is 0.259. The van der Waals surface area contributed by atoms with Crippen molar-refractivity contribution >= 4 is 56.6 Å². The summed E-state index contributed by atoms with van der Waals surface area (Å²) in [6.45, 7) is 0.917. The largest absolute Gasteiger partial charge is 0.507 e. The van der Waals surface area contributed by atoms with Gasteiger partial charge in [0.2, 0.25) is 0 Å². The Bertz CT molecular complexity index is 1190. The van der Waals surface area contributed by atoms with Gasteiger partial charge in [-0.1, -0.05) is 57.3 Å². The highest BCUT2D eigenvalue weighted by Gasteiger charge is 2.46. The number of rotatable bonds is 6. The molecule has 0 radical (unpaired) electrons. The molecule has 2 aromatic carbocycles. The van der Waals surface area contributed by atoms with Gasteiger partial charge in [-0.15, -0.1) is 0 Å². The van der Waals surface area contributed by atoms with Gasteiger partial charge in [-0.25, -0.2) is 4.98 Å². The molecule has 1 fully saturated rings. The highest BCUT2D eigenvalue weighted by atomic mass is 79.9. The van der Waals surface area contributed by atoms with E-state index in [0.29, 0.717) is 40.7 Å². The summed E-state index contributed by atoms with van der Waals surface area (Å²) in [7, 11) is 0. The maximum Gasteiger partial charge on any atom is 0.295 e. The van der Waals surface area contributed by atoms with E-state index in [1.165, 1.54) is 4.90 Å². The Morgan fingerprint density at radius 1 is 1.09 bits per heavy atom. The first-order chi connectivity index (χ1) is 15.4. The molecule has 1 aromatic heterocycles. The SMILES string of the molecule is O=C1C(=O)N(CCCn2ccnc2)C(c2ccc(Cl)cc2Cl)/C1=C(\O)c1ccc(Br)cc1. The normalized spacial score (nSPS) is 17.8. The Morgan fingerprint density at radius 3 is 2.50 bits per heavy atom. The second kappa shape index (κ2) is 9.48. The molecular formula is C23H18BrCl2N3O3. The summed E-state index contributed by atoms with van der Waals surface area (Å²) in [6.07, 6.45) is 5.78. The van der Waals surface area contributed by atoms with E-state index < -0.39 is 17.7 Å². The zero-order chi connectivity index (χ0) is 22.8. The minimum atomic E-state index is -0.828. The van der Waals surface area contributed by atoms with Crippen molar-refractivity contribution in [3.05, 3.63) is 92.4 Å². The van der Waals surface area contributed by atoms with Crippen LogP contribution in [0.3, 0.4) is 0 Å². The number of carbonyl (C=O) groups is 2. The maximum absolute atomic E-state index is 13.0. The molecule has 0 bridgehead atoms. The number of nitrogens with zero attached hydrogens (tertiary/aromatic N) is 3. The minimum Gasteiger partial charge on any atom is -0.507 e. The third-order valence-corrected chi connectivity index (χ3v) is 6.38. The molecule has 0 spiro atoms. The van der Waals surface area contributed by atoms with Crippen LogP contribution >= 0.6 is 39.1 Å². The summed E-state index contributed by atoms with van der Waals surface area (Å²) >= 11 is 15.9. The highest BCUT2D eigenvalue weighted by molar-refractivity contribution is 9.10. The topological polar surface area (TPSA) is 75.4 Å².